The van der Waals surface area contributed by atoms with E-state index in [-0.39, 0.29) is 11.9 Å². The number of nitrogens with zero attached hydrogens (tertiary/aromatic N) is 4. The lowest BCUT2D eigenvalue weighted by molar-refractivity contribution is 0.585. The zero-order chi connectivity index (χ0) is 15.1. The van der Waals surface area contributed by atoms with Crippen LogP contribution in [0.3, 0.4) is 0 Å². The van der Waals surface area contributed by atoms with Crippen LogP contribution in [0.4, 0.5) is 10.1 Å². The third-order valence-electron chi connectivity index (χ3n) is 3.46. The summed E-state index contributed by atoms with van der Waals surface area (Å²) in [5.74, 6) is -0.257. The molecule has 1 unspecified atom stereocenters. The number of hydrogen-bond donors (Lipinski definition) is 1. The molecule has 0 aliphatic heterocycles. The van der Waals surface area contributed by atoms with E-state index in [0.717, 1.165) is 18.5 Å². The number of benzene rings is 1. The van der Waals surface area contributed by atoms with Crippen molar-refractivity contribution in [3.05, 3.63) is 30.3 Å². The summed E-state index contributed by atoms with van der Waals surface area (Å²) in [7, 11) is 0. The highest BCUT2D eigenvalue weighted by Gasteiger charge is 2.09. The van der Waals surface area contributed by atoms with Crippen molar-refractivity contribution in [3.8, 4) is 5.69 Å². The second-order valence-corrected chi connectivity index (χ2v) is 5.31. The number of tetrazole rings is 1. The van der Waals surface area contributed by atoms with Crippen molar-refractivity contribution in [2.75, 3.05) is 5.32 Å². The summed E-state index contributed by atoms with van der Waals surface area (Å²) >= 11 is 0. The van der Waals surface area contributed by atoms with Crippen LogP contribution in [0.2, 0.25) is 0 Å². The molecule has 1 aromatic carbocycles. The molecule has 1 heterocycles. The van der Waals surface area contributed by atoms with Crippen molar-refractivity contribution in [2.45, 2.75) is 52.0 Å². The summed E-state index contributed by atoms with van der Waals surface area (Å²) in [6.07, 6.45) is 7.41. The van der Waals surface area contributed by atoms with Gasteiger partial charge in [-0.1, -0.05) is 32.6 Å². The van der Waals surface area contributed by atoms with Gasteiger partial charge in [0.15, 0.2) is 0 Å². The molecule has 0 saturated heterocycles. The van der Waals surface area contributed by atoms with Crippen molar-refractivity contribution in [1.82, 2.24) is 20.2 Å². The molecule has 1 aromatic heterocycles. The van der Waals surface area contributed by atoms with Gasteiger partial charge in [-0.3, -0.25) is 0 Å². The third-order valence-corrected chi connectivity index (χ3v) is 3.46. The van der Waals surface area contributed by atoms with Gasteiger partial charge < -0.3 is 5.32 Å². The van der Waals surface area contributed by atoms with Crippen LogP contribution in [0.5, 0.6) is 0 Å². The van der Waals surface area contributed by atoms with Gasteiger partial charge in [0.1, 0.15) is 12.1 Å². The molecule has 1 N–H and O–H groups in total. The Morgan fingerprint density at radius 2 is 2.14 bits per heavy atom. The summed E-state index contributed by atoms with van der Waals surface area (Å²) in [6, 6.07) is 5.06. The lowest BCUT2D eigenvalue weighted by Gasteiger charge is -2.16. The fourth-order valence-corrected chi connectivity index (χ4v) is 2.26. The molecular formula is C15H22FN5. The first-order chi connectivity index (χ1) is 10.2. The molecule has 0 amide bonds. The fourth-order valence-electron chi connectivity index (χ4n) is 2.26. The van der Waals surface area contributed by atoms with Gasteiger partial charge in [-0.05, 0) is 42.0 Å². The number of halogens is 1. The molecule has 0 radical (unpaired) electrons. The molecule has 6 heteroatoms. The number of anilines is 1. The highest BCUT2D eigenvalue weighted by atomic mass is 19.1. The maximum absolute atomic E-state index is 13.9. The van der Waals surface area contributed by atoms with Crippen LogP contribution in [0.25, 0.3) is 5.69 Å². The van der Waals surface area contributed by atoms with Gasteiger partial charge >= 0.3 is 0 Å². The molecule has 2 rings (SSSR count). The Labute approximate surface area is 124 Å². The summed E-state index contributed by atoms with van der Waals surface area (Å²) in [5, 5.41) is 14.2. The van der Waals surface area contributed by atoms with E-state index in [2.05, 4.69) is 34.7 Å². The highest BCUT2D eigenvalue weighted by molar-refractivity contribution is 5.52. The second kappa shape index (κ2) is 7.71. The molecule has 0 bridgehead atoms. The SMILES string of the molecule is CCCCCCC(C)Nc1cc(-n2cnnn2)ccc1F. The van der Waals surface area contributed by atoms with E-state index in [1.165, 1.54) is 36.3 Å². The molecule has 114 valence electrons. The standard InChI is InChI=1S/C15H22FN5/c1-3-4-5-6-7-12(2)18-15-10-13(8-9-14(15)16)21-11-17-19-20-21/h8-12,18H,3-7H2,1-2H3. The van der Waals surface area contributed by atoms with Gasteiger partial charge in [-0.2, -0.15) is 0 Å². The molecule has 5 nitrogen and oxygen atoms in total. The third kappa shape index (κ3) is 4.51. The molecule has 1 atom stereocenters. The van der Waals surface area contributed by atoms with Crippen molar-refractivity contribution >= 4 is 5.69 Å². The van der Waals surface area contributed by atoms with Crippen molar-refractivity contribution < 1.29 is 4.39 Å². The Hall–Kier alpha value is -1.98. The van der Waals surface area contributed by atoms with E-state index < -0.39 is 0 Å². The molecule has 0 aliphatic carbocycles. The number of hydrogen-bond acceptors (Lipinski definition) is 4. The second-order valence-electron chi connectivity index (χ2n) is 5.31. The van der Waals surface area contributed by atoms with Crippen LogP contribution in [0.1, 0.15) is 46.0 Å². The van der Waals surface area contributed by atoms with Crippen LogP contribution >= 0.6 is 0 Å². The van der Waals surface area contributed by atoms with Gasteiger partial charge in [-0.15, -0.1) is 5.10 Å². The zero-order valence-corrected chi connectivity index (χ0v) is 12.6. The van der Waals surface area contributed by atoms with E-state index in [1.54, 1.807) is 12.1 Å². The Morgan fingerprint density at radius 1 is 1.29 bits per heavy atom. The van der Waals surface area contributed by atoms with Crippen LogP contribution in [-0.2, 0) is 0 Å². The smallest absolute Gasteiger partial charge is 0.146 e. The lowest BCUT2D eigenvalue weighted by Crippen LogP contribution is -2.16. The first-order valence-electron chi connectivity index (χ1n) is 7.50. The Bertz CT molecular complexity index is 541. The first-order valence-corrected chi connectivity index (χ1v) is 7.50. The number of unbranched alkanes of at least 4 members (excludes halogenated alkanes) is 3. The van der Waals surface area contributed by atoms with Crippen LogP contribution in [-0.4, -0.2) is 26.2 Å². The fraction of sp³-hybridized carbons (Fsp3) is 0.533. The predicted octanol–water partition coefficient (Wildman–Crippen LogP) is 3.57. The maximum Gasteiger partial charge on any atom is 0.146 e. The van der Waals surface area contributed by atoms with E-state index >= 15 is 0 Å². The van der Waals surface area contributed by atoms with Crippen molar-refractivity contribution in [3.63, 3.8) is 0 Å². The number of rotatable bonds is 8. The van der Waals surface area contributed by atoms with Gasteiger partial charge in [0.05, 0.1) is 11.4 Å². The predicted molar refractivity (Wildman–Crippen MR) is 81.0 cm³/mol. The minimum absolute atomic E-state index is 0.237. The largest absolute Gasteiger partial charge is 0.380 e. The van der Waals surface area contributed by atoms with E-state index in [4.69, 9.17) is 0 Å². The highest BCUT2D eigenvalue weighted by Crippen LogP contribution is 2.20. The molecule has 2 aromatic rings. The van der Waals surface area contributed by atoms with Crippen molar-refractivity contribution in [1.29, 1.82) is 0 Å². The van der Waals surface area contributed by atoms with Crippen LogP contribution < -0.4 is 5.32 Å². The van der Waals surface area contributed by atoms with E-state index in [1.807, 2.05) is 0 Å². The Kier molecular flexibility index (Phi) is 5.66. The van der Waals surface area contributed by atoms with Gasteiger partial charge in [0, 0.05) is 6.04 Å². The molecule has 21 heavy (non-hydrogen) atoms. The molecule has 0 fully saturated rings. The molecule has 0 spiro atoms. The average molecular weight is 291 g/mol. The van der Waals surface area contributed by atoms with Gasteiger partial charge in [0.25, 0.3) is 0 Å². The lowest BCUT2D eigenvalue weighted by atomic mass is 10.1. The maximum atomic E-state index is 13.9. The molecular weight excluding hydrogens is 269 g/mol. The Balaban J connectivity index is 1.97. The monoisotopic (exact) mass is 291 g/mol. The summed E-state index contributed by atoms with van der Waals surface area (Å²) in [4.78, 5) is 0. The minimum atomic E-state index is -0.257. The van der Waals surface area contributed by atoms with Crippen LogP contribution in [0, 0.1) is 5.82 Å². The zero-order valence-electron chi connectivity index (χ0n) is 12.6. The van der Waals surface area contributed by atoms with Crippen molar-refractivity contribution in [2.24, 2.45) is 0 Å². The number of aromatic nitrogens is 4. The Morgan fingerprint density at radius 3 is 2.86 bits per heavy atom. The molecule has 0 saturated carbocycles. The summed E-state index contributed by atoms with van der Waals surface area (Å²) in [6.45, 7) is 4.27. The number of nitrogens with one attached hydrogen (secondary N) is 1. The van der Waals surface area contributed by atoms with E-state index in [0.29, 0.717) is 5.69 Å². The first kappa shape index (κ1) is 15.4. The van der Waals surface area contributed by atoms with Gasteiger partial charge in [0.2, 0.25) is 0 Å². The van der Waals surface area contributed by atoms with E-state index in [9.17, 15) is 4.39 Å². The summed E-state index contributed by atoms with van der Waals surface area (Å²) in [5.41, 5.74) is 1.23. The average Bonchev–Trinajstić information content (AvgIpc) is 3.00. The topological polar surface area (TPSA) is 55.6 Å². The quantitative estimate of drug-likeness (QED) is 0.755. The van der Waals surface area contributed by atoms with Crippen LogP contribution in [0.15, 0.2) is 24.5 Å². The minimum Gasteiger partial charge on any atom is -0.380 e. The molecule has 0 aliphatic rings. The normalized spacial score (nSPS) is 12.3. The summed E-state index contributed by atoms with van der Waals surface area (Å²) < 4.78 is 15.4. The van der Waals surface area contributed by atoms with Gasteiger partial charge in [-0.25, -0.2) is 9.07 Å².